The van der Waals surface area contributed by atoms with E-state index in [9.17, 15) is 22.8 Å². The molecule has 0 fully saturated rings. The Morgan fingerprint density at radius 2 is 1.68 bits per heavy atom. The third kappa shape index (κ3) is 13.6. The van der Waals surface area contributed by atoms with Crippen LogP contribution in [0.1, 0.15) is 47.4 Å². The Morgan fingerprint density at radius 1 is 1.13 bits per heavy atom. The summed E-state index contributed by atoms with van der Waals surface area (Å²) in [5.74, 6) is 0.0337. The van der Waals surface area contributed by atoms with Gasteiger partial charge >= 0.3 is 18.5 Å². The number of imidazole rings is 1. The smallest absolute Gasteiger partial charge is 0.465 e. The number of alkyl carbamates (subject to hydrolysis) is 1. The van der Waals surface area contributed by atoms with Gasteiger partial charge in [0.25, 0.3) is 0 Å². The number of hydrogen-bond acceptors (Lipinski definition) is 6. The van der Waals surface area contributed by atoms with E-state index in [1.165, 1.54) is 30.5 Å². The van der Waals surface area contributed by atoms with Crippen molar-refractivity contribution < 1.29 is 37.3 Å². The van der Waals surface area contributed by atoms with Crippen molar-refractivity contribution in [3.63, 3.8) is 0 Å². The number of rotatable bonds is 6. The third-order valence-electron chi connectivity index (χ3n) is 4.20. The number of carbonyl (C=O) groups is 2. The van der Waals surface area contributed by atoms with E-state index in [0.29, 0.717) is 17.1 Å². The first-order chi connectivity index (χ1) is 16.8. The molecule has 6 N–H and O–H groups in total. The predicted molar refractivity (Wildman–Crippen MR) is 137 cm³/mol. The van der Waals surface area contributed by atoms with Crippen LogP contribution in [0.4, 0.5) is 22.8 Å². The van der Waals surface area contributed by atoms with Gasteiger partial charge in [-0.25, -0.2) is 14.6 Å². The Morgan fingerprint density at radius 3 is 2.08 bits per heavy atom. The monoisotopic (exact) mass is 566 g/mol. The SMILES string of the molecule is CC(C)(C)N(CC(=N)N)C(=O)O.CC(C)(C)OC(=O)NCc1ncc(-c2ccc(OC(F)(F)F)cc2)[nH]1.Cl. The number of nitrogens with two attached hydrogens (primary N) is 1. The Hall–Kier alpha value is -3.68. The molecule has 38 heavy (non-hydrogen) atoms. The van der Waals surface area contributed by atoms with Gasteiger partial charge in [0.1, 0.15) is 23.0 Å². The predicted octanol–water partition coefficient (Wildman–Crippen LogP) is 5.12. The van der Waals surface area contributed by atoms with E-state index in [1.807, 2.05) is 0 Å². The molecular formula is C23H34ClF3N6O5. The zero-order chi connectivity index (χ0) is 28.6. The van der Waals surface area contributed by atoms with Crippen LogP contribution >= 0.6 is 12.4 Å². The summed E-state index contributed by atoms with van der Waals surface area (Å²) in [6.45, 7) is 10.6. The number of carbonyl (C=O) groups excluding carboxylic acids is 1. The van der Waals surface area contributed by atoms with Crippen molar-refractivity contribution in [3.05, 3.63) is 36.3 Å². The Labute approximate surface area is 224 Å². The van der Waals surface area contributed by atoms with Crippen LogP contribution in [-0.4, -0.2) is 62.0 Å². The lowest BCUT2D eigenvalue weighted by Gasteiger charge is -2.32. The molecule has 0 bridgehead atoms. The van der Waals surface area contributed by atoms with Crippen molar-refractivity contribution in [2.75, 3.05) is 6.54 Å². The van der Waals surface area contributed by atoms with Crippen LogP contribution in [0.5, 0.6) is 5.75 Å². The Balaban J connectivity index is 0.000000897. The maximum Gasteiger partial charge on any atom is 0.573 e. The fourth-order valence-corrected chi connectivity index (χ4v) is 2.67. The molecule has 15 heteroatoms. The van der Waals surface area contributed by atoms with Crippen molar-refractivity contribution >= 4 is 30.4 Å². The highest BCUT2D eigenvalue weighted by atomic mass is 35.5. The second-order valence-corrected chi connectivity index (χ2v) is 9.74. The standard InChI is InChI=1S/C16H18F3N3O3.C7H15N3O2.ClH/c1-15(2,3)25-14(23)21-9-13-20-8-12(22-13)10-4-6-11(7-5-10)24-16(17,18)19;1-7(2,3)10(6(11)12)4-5(8)9;/h4-8H,9H2,1-3H3,(H,20,22)(H,21,23);4H2,1-3H3,(H3,8,9)(H,11,12);1H. The minimum atomic E-state index is -4.73. The number of nitrogens with one attached hydrogen (secondary N) is 3. The van der Waals surface area contributed by atoms with E-state index in [4.69, 9.17) is 21.0 Å². The normalized spacial score (nSPS) is 11.3. The van der Waals surface area contributed by atoms with Crippen molar-refractivity contribution in [1.29, 1.82) is 5.41 Å². The summed E-state index contributed by atoms with van der Waals surface area (Å²) in [7, 11) is 0. The summed E-state index contributed by atoms with van der Waals surface area (Å²) < 4.78 is 45.3. The van der Waals surface area contributed by atoms with Crippen LogP contribution in [-0.2, 0) is 11.3 Å². The van der Waals surface area contributed by atoms with E-state index in [0.717, 1.165) is 4.90 Å². The molecule has 1 aromatic carbocycles. The molecule has 0 aliphatic heterocycles. The Kier molecular flexibility index (Phi) is 12.4. The van der Waals surface area contributed by atoms with Crippen molar-refractivity contribution in [3.8, 4) is 17.0 Å². The van der Waals surface area contributed by atoms with Gasteiger partial charge in [-0.1, -0.05) is 0 Å². The van der Waals surface area contributed by atoms with Crippen LogP contribution < -0.4 is 15.8 Å². The number of aromatic nitrogens is 2. The van der Waals surface area contributed by atoms with Gasteiger partial charge in [-0.05, 0) is 71.4 Å². The number of aromatic amines is 1. The summed E-state index contributed by atoms with van der Waals surface area (Å²) >= 11 is 0. The molecule has 0 unspecified atom stereocenters. The lowest BCUT2D eigenvalue weighted by Crippen LogP contribution is -2.48. The number of H-pyrrole nitrogens is 1. The third-order valence-corrected chi connectivity index (χ3v) is 4.20. The highest BCUT2D eigenvalue weighted by Gasteiger charge is 2.31. The maximum absolute atomic E-state index is 12.1. The molecule has 0 aliphatic rings. The molecule has 2 rings (SSSR count). The first-order valence-corrected chi connectivity index (χ1v) is 11.0. The van der Waals surface area contributed by atoms with E-state index in [2.05, 4.69) is 20.0 Å². The maximum atomic E-state index is 12.1. The largest absolute Gasteiger partial charge is 0.573 e. The number of amides is 2. The average Bonchev–Trinajstić information content (AvgIpc) is 3.17. The molecule has 2 amide bonds. The topological polar surface area (TPSA) is 167 Å². The number of halogens is 4. The van der Waals surface area contributed by atoms with Crippen LogP contribution in [0.3, 0.4) is 0 Å². The number of benzene rings is 1. The van der Waals surface area contributed by atoms with Gasteiger partial charge in [0, 0.05) is 5.54 Å². The highest BCUT2D eigenvalue weighted by Crippen LogP contribution is 2.25. The molecule has 214 valence electrons. The van der Waals surface area contributed by atoms with Gasteiger partial charge in [0.2, 0.25) is 0 Å². The van der Waals surface area contributed by atoms with Gasteiger partial charge in [0.15, 0.2) is 0 Å². The number of nitrogens with zero attached hydrogens (tertiary/aromatic N) is 2. The van der Waals surface area contributed by atoms with Gasteiger partial charge < -0.3 is 30.6 Å². The summed E-state index contributed by atoms with van der Waals surface area (Å²) in [5, 5.41) is 18.3. The molecular weight excluding hydrogens is 533 g/mol. The van der Waals surface area contributed by atoms with Crippen molar-refractivity contribution in [2.45, 2.75) is 65.6 Å². The van der Waals surface area contributed by atoms with E-state index in [1.54, 1.807) is 41.5 Å². The van der Waals surface area contributed by atoms with Crippen molar-refractivity contribution in [1.82, 2.24) is 20.2 Å². The fraction of sp³-hybridized carbons (Fsp3) is 0.478. The number of ether oxygens (including phenoxy) is 2. The first-order valence-electron chi connectivity index (χ1n) is 11.0. The number of alkyl halides is 3. The molecule has 1 aromatic heterocycles. The molecule has 11 nitrogen and oxygen atoms in total. The minimum absolute atomic E-state index is 0. The van der Waals surface area contributed by atoms with Gasteiger partial charge in [-0.3, -0.25) is 10.3 Å². The van der Waals surface area contributed by atoms with Crippen LogP contribution in [0, 0.1) is 5.41 Å². The van der Waals surface area contributed by atoms with Crippen LogP contribution in [0.25, 0.3) is 11.3 Å². The molecule has 0 radical (unpaired) electrons. The molecule has 0 spiro atoms. The first kappa shape index (κ1) is 34.3. The van der Waals surface area contributed by atoms with Gasteiger partial charge in [-0.2, -0.15) is 0 Å². The fourth-order valence-electron chi connectivity index (χ4n) is 2.67. The summed E-state index contributed by atoms with van der Waals surface area (Å²) in [6.07, 6.45) is -4.83. The summed E-state index contributed by atoms with van der Waals surface area (Å²) in [6, 6.07) is 5.36. The zero-order valence-corrected chi connectivity index (χ0v) is 22.7. The van der Waals surface area contributed by atoms with Crippen LogP contribution in [0.2, 0.25) is 0 Å². The van der Waals surface area contributed by atoms with E-state index >= 15 is 0 Å². The molecule has 0 aliphatic carbocycles. The van der Waals surface area contributed by atoms with Gasteiger partial charge in [0.05, 0.1) is 25.0 Å². The number of carboxylic acid groups (broad SMARTS) is 1. The summed E-state index contributed by atoms with van der Waals surface area (Å²) in [5.41, 5.74) is 5.22. The molecule has 0 saturated heterocycles. The van der Waals surface area contributed by atoms with E-state index in [-0.39, 0.29) is 37.1 Å². The lowest BCUT2D eigenvalue weighted by molar-refractivity contribution is -0.274. The summed E-state index contributed by atoms with van der Waals surface area (Å²) in [4.78, 5) is 30.4. The minimum Gasteiger partial charge on any atom is -0.465 e. The second kappa shape index (κ2) is 13.7. The molecule has 0 atom stereocenters. The highest BCUT2D eigenvalue weighted by molar-refractivity contribution is 5.85. The number of hydrogen-bond donors (Lipinski definition) is 5. The van der Waals surface area contributed by atoms with E-state index < -0.39 is 29.7 Å². The zero-order valence-electron chi connectivity index (χ0n) is 21.9. The number of amidine groups is 1. The molecule has 2 aromatic rings. The molecule has 0 saturated carbocycles. The quantitative estimate of drug-likeness (QED) is 0.239. The van der Waals surface area contributed by atoms with Gasteiger partial charge in [-0.15, -0.1) is 25.6 Å². The lowest BCUT2D eigenvalue weighted by atomic mass is 10.1. The second-order valence-electron chi connectivity index (χ2n) is 9.74. The Bertz CT molecular complexity index is 1060. The van der Waals surface area contributed by atoms with Crippen LogP contribution in [0.15, 0.2) is 30.5 Å². The molecule has 1 heterocycles. The average molecular weight is 567 g/mol. The van der Waals surface area contributed by atoms with Crippen molar-refractivity contribution in [2.24, 2.45) is 5.73 Å².